The normalized spacial score (nSPS) is 31.9. The average Bonchev–Trinajstić information content (AvgIpc) is 2.74. The number of rotatable bonds is 2. The van der Waals surface area contributed by atoms with E-state index in [-0.39, 0.29) is 12.1 Å². The molecule has 0 bridgehead atoms. The molecule has 0 radical (unpaired) electrons. The summed E-state index contributed by atoms with van der Waals surface area (Å²) in [7, 11) is 0. The first-order valence-corrected chi connectivity index (χ1v) is 6.41. The van der Waals surface area contributed by atoms with Crippen LogP contribution in [0.15, 0.2) is 24.3 Å². The number of fused-ring (bicyclic) bond motifs is 1. The summed E-state index contributed by atoms with van der Waals surface area (Å²) in [4.78, 5) is 0. The Hall–Kier alpha value is -1.06. The molecule has 2 heterocycles. The predicted molar refractivity (Wildman–Crippen MR) is 66.1 cm³/mol. The molecule has 2 aliphatic heterocycles. The zero-order chi connectivity index (χ0) is 11.7. The lowest BCUT2D eigenvalue weighted by Crippen LogP contribution is -2.40. The summed E-state index contributed by atoms with van der Waals surface area (Å²) >= 11 is 0. The van der Waals surface area contributed by atoms with Gasteiger partial charge in [0.15, 0.2) is 0 Å². The van der Waals surface area contributed by atoms with Gasteiger partial charge in [-0.15, -0.1) is 0 Å². The van der Waals surface area contributed by atoms with Crippen LogP contribution in [0.3, 0.4) is 0 Å². The molecule has 92 valence electrons. The molecule has 3 heteroatoms. The first-order valence-electron chi connectivity index (χ1n) is 6.41. The number of benzene rings is 1. The number of para-hydroxylation sites is 1. The van der Waals surface area contributed by atoms with E-state index in [9.17, 15) is 0 Å². The van der Waals surface area contributed by atoms with Gasteiger partial charge in [-0.05, 0) is 24.5 Å². The SMILES string of the molecule is NC1CCOCC1CC1Cc2ccccc2O1. The van der Waals surface area contributed by atoms with Gasteiger partial charge in [-0.1, -0.05) is 18.2 Å². The average molecular weight is 233 g/mol. The molecule has 2 N–H and O–H groups in total. The number of hydrogen-bond donors (Lipinski definition) is 1. The fourth-order valence-corrected chi connectivity index (χ4v) is 2.78. The van der Waals surface area contributed by atoms with E-state index in [1.54, 1.807) is 0 Å². The molecule has 1 saturated heterocycles. The van der Waals surface area contributed by atoms with Gasteiger partial charge in [-0.25, -0.2) is 0 Å². The van der Waals surface area contributed by atoms with Crippen LogP contribution in [0.5, 0.6) is 5.75 Å². The maximum absolute atomic E-state index is 6.13. The topological polar surface area (TPSA) is 44.5 Å². The molecule has 3 nitrogen and oxygen atoms in total. The highest BCUT2D eigenvalue weighted by Gasteiger charge is 2.30. The van der Waals surface area contributed by atoms with Crippen LogP contribution < -0.4 is 10.5 Å². The lowest BCUT2D eigenvalue weighted by molar-refractivity contribution is 0.0246. The number of nitrogens with two attached hydrogens (primary N) is 1. The molecule has 3 atom stereocenters. The van der Waals surface area contributed by atoms with Gasteiger partial charge in [0, 0.05) is 25.0 Å². The van der Waals surface area contributed by atoms with Crippen molar-refractivity contribution in [3.8, 4) is 5.75 Å². The highest BCUT2D eigenvalue weighted by Crippen LogP contribution is 2.32. The van der Waals surface area contributed by atoms with E-state index in [2.05, 4.69) is 12.1 Å². The lowest BCUT2D eigenvalue weighted by Gasteiger charge is -2.30. The van der Waals surface area contributed by atoms with Crippen LogP contribution in [0.25, 0.3) is 0 Å². The van der Waals surface area contributed by atoms with Gasteiger partial charge in [0.1, 0.15) is 11.9 Å². The smallest absolute Gasteiger partial charge is 0.123 e. The summed E-state index contributed by atoms with van der Waals surface area (Å²) in [5.74, 6) is 1.49. The summed E-state index contributed by atoms with van der Waals surface area (Å²) in [6.45, 7) is 1.60. The van der Waals surface area contributed by atoms with E-state index >= 15 is 0 Å². The van der Waals surface area contributed by atoms with Crippen molar-refractivity contribution in [1.82, 2.24) is 0 Å². The quantitative estimate of drug-likeness (QED) is 0.846. The van der Waals surface area contributed by atoms with Crippen molar-refractivity contribution in [2.75, 3.05) is 13.2 Å². The highest BCUT2D eigenvalue weighted by molar-refractivity contribution is 5.37. The third kappa shape index (κ3) is 2.31. The third-order valence-corrected chi connectivity index (χ3v) is 3.81. The summed E-state index contributed by atoms with van der Waals surface area (Å²) in [5, 5.41) is 0. The minimum absolute atomic E-state index is 0.274. The van der Waals surface area contributed by atoms with E-state index in [4.69, 9.17) is 15.2 Å². The molecule has 1 fully saturated rings. The van der Waals surface area contributed by atoms with Gasteiger partial charge in [-0.3, -0.25) is 0 Å². The molecule has 0 amide bonds. The van der Waals surface area contributed by atoms with Crippen molar-refractivity contribution < 1.29 is 9.47 Å². The van der Waals surface area contributed by atoms with Crippen molar-refractivity contribution >= 4 is 0 Å². The van der Waals surface area contributed by atoms with E-state index in [0.717, 1.165) is 38.2 Å². The van der Waals surface area contributed by atoms with Crippen molar-refractivity contribution in [3.63, 3.8) is 0 Å². The monoisotopic (exact) mass is 233 g/mol. The van der Waals surface area contributed by atoms with Crippen LogP contribution in [-0.2, 0) is 11.2 Å². The largest absolute Gasteiger partial charge is 0.490 e. The zero-order valence-corrected chi connectivity index (χ0v) is 9.97. The molecular weight excluding hydrogens is 214 g/mol. The molecule has 0 spiro atoms. The molecule has 1 aromatic carbocycles. The Morgan fingerprint density at radius 3 is 3.00 bits per heavy atom. The lowest BCUT2D eigenvalue weighted by atomic mass is 9.90. The summed E-state index contributed by atoms with van der Waals surface area (Å²) in [6, 6.07) is 8.56. The van der Waals surface area contributed by atoms with Crippen molar-refractivity contribution in [1.29, 1.82) is 0 Å². The van der Waals surface area contributed by atoms with Crippen LogP contribution in [0.4, 0.5) is 0 Å². The van der Waals surface area contributed by atoms with Crippen LogP contribution in [0, 0.1) is 5.92 Å². The van der Waals surface area contributed by atoms with Crippen molar-refractivity contribution in [3.05, 3.63) is 29.8 Å². The first-order chi connectivity index (χ1) is 8.33. The molecule has 1 aromatic rings. The second kappa shape index (κ2) is 4.67. The standard InChI is InChI=1S/C14H19NO2/c15-13-5-6-16-9-11(13)8-12-7-10-3-1-2-4-14(10)17-12/h1-4,11-13H,5-9,15H2. The van der Waals surface area contributed by atoms with Crippen molar-refractivity contribution in [2.45, 2.75) is 31.4 Å². The number of hydrogen-bond acceptors (Lipinski definition) is 3. The molecule has 0 aliphatic carbocycles. The predicted octanol–water partition coefficient (Wildman–Crippen LogP) is 1.74. The number of ether oxygens (including phenoxy) is 2. The van der Waals surface area contributed by atoms with Gasteiger partial charge in [0.05, 0.1) is 6.61 Å². The summed E-state index contributed by atoms with van der Waals surface area (Å²) in [6.07, 6.45) is 3.28. The van der Waals surface area contributed by atoms with Gasteiger partial charge in [-0.2, -0.15) is 0 Å². The van der Waals surface area contributed by atoms with Gasteiger partial charge < -0.3 is 15.2 Å². The van der Waals surface area contributed by atoms with Gasteiger partial charge in [0.2, 0.25) is 0 Å². The van der Waals surface area contributed by atoms with Gasteiger partial charge >= 0.3 is 0 Å². The Balaban J connectivity index is 1.61. The molecule has 3 unspecified atom stereocenters. The Labute approximate surface area is 102 Å². The Bertz CT molecular complexity index is 369. The summed E-state index contributed by atoms with van der Waals surface area (Å²) < 4.78 is 11.5. The second-order valence-electron chi connectivity index (χ2n) is 5.07. The Morgan fingerprint density at radius 1 is 1.29 bits per heavy atom. The van der Waals surface area contributed by atoms with Crippen molar-refractivity contribution in [2.24, 2.45) is 11.7 Å². The van der Waals surface area contributed by atoms with Crippen LogP contribution in [0.1, 0.15) is 18.4 Å². The van der Waals surface area contributed by atoms with E-state index in [1.807, 2.05) is 12.1 Å². The molecule has 17 heavy (non-hydrogen) atoms. The van der Waals surface area contributed by atoms with Crippen LogP contribution in [0.2, 0.25) is 0 Å². The zero-order valence-electron chi connectivity index (χ0n) is 9.97. The third-order valence-electron chi connectivity index (χ3n) is 3.81. The maximum Gasteiger partial charge on any atom is 0.123 e. The summed E-state index contributed by atoms with van der Waals surface area (Å²) in [5.41, 5.74) is 7.45. The maximum atomic E-state index is 6.13. The highest BCUT2D eigenvalue weighted by atomic mass is 16.5. The first kappa shape index (κ1) is 11.1. The van der Waals surface area contributed by atoms with E-state index in [0.29, 0.717) is 5.92 Å². The van der Waals surface area contributed by atoms with Crippen LogP contribution >= 0.6 is 0 Å². The molecule has 3 rings (SSSR count). The second-order valence-corrected chi connectivity index (χ2v) is 5.07. The Kier molecular flexibility index (Phi) is 3.04. The fourth-order valence-electron chi connectivity index (χ4n) is 2.78. The van der Waals surface area contributed by atoms with E-state index < -0.39 is 0 Å². The molecule has 2 aliphatic rings. The minimum Gasteiger partial charge on any atom is -0.490 e. The Morgan fingerprint density at radius 2 is 2.18 bits per heavy atom. The molecular formula is C14H19NO2. The minimum atomic E-state index is 0.274. The van der Waals surface area contributed by atoms with Crippen LogP contribution in [-0.4, -0.2) is 25.4 Å². The molecule has 0 saturated carbocycles. The van der Waals surface area contributed by atoms with Gasteiger partial charge in [0.25, 0.3) is 0 Å². The fraction of sp³-hybridized carbons (Fsp3) is 0.571. The van der Waals surface area contributed by atoms with E-state index in [1.165, 1.54) is 5.56 Å². The molecule has 0 aromatic heterocycles.